The van der Waals surface area contributed by atoms with Crippen LogP contribution in [0.3, 0.4) is 0 Å². The number of aliphatic carboxylic acids is 1. The highest BCUT2D eigenvalue weighted by molar-refractivity contribution is 7.13. The van der Waals surface area contributed by atoms with Crippen molar-refractivity contribution in [3.05, 3.63) is 41.4 Å². The lowest BCUT2D eigenvalue weighted by Crippen LogP contribution is -2.15. The fraction of sp³-hybridized carbons (Fsp3) is 0.200. The molecular formula is C15H15N3O4S. The van der Waals surface area contributed by atoms with E-state index >= 15 is 0 Å². The molecule has 3 N–H and O–H groups in total. The van der Waals surface area contributed by atoms with Crippen molar-refractivity contribution in [2.75, 3.05) is 10.6 Å². The Labute approximate surface area is 136 Å². The van der Waals surface area contributed by atoms with Crippen LogP contribution in [-0.4, -0.2) is 27.9 Å². The van der Waals surface area contributed by atoms with Gasteiger partial charge in [-0.1, -0.05) is 18.2 Å². The molecule has 0 spiro atoms. The van der Waals surface area contributed by atoms with E-state index in [0.717, 1.165) is 0 Å². The highest BCUT2D eigenvalue weighted by atomic mass is 32.1. The molecule has 2 aromatic rings. The third kappa shape index (κ3) is 5.87. The summed E-state index contributed by atoms with van der Waals surface area (Å²) >= 11 is 1.19. The molecule has 0 unspecified atom stereocenters. The van der Waals surface area contributed by atoms with E-state index in [-0.39, 0.29) is 25.2 Å². The summed E-state index contributed by atoms with van der Waals surface area (Å²) in [5, 5.41) is 15.8. The van der Waals surface area contributed by atoms with E-state index in [1.54, 1.807) is 17.5 Å². The SMILES string of the molecule is O=C(O)CCC(=O)Nc1nc(CC(=O)Nc2ccccc2)cs1. The number of amides is 2. The number of rotatable bonds is 7. The van der Waals surface area contributed by atoms with E-state index < -0.39 is 11.9 Å². The largest absolute Gasteiger partial charge is 0.481 e. The number of carbonyl (C=O) groups is 3. The molecule has 0 radical (unpaired) electrons. The van der Waals surface area contributed by atoms with Crippen LogP contribution in [0.5, 0.6) is 0 Å². The number of nitrogens with one attached hydrogen (secondary N) is 2. The van der Waals surface area contributed by atoms with Gasteiger partial charge >= 0.3 is 5.97 Å². The summed E-state index contributed by atoms with van der Waals surface area (Å²) < 4.78 is 0. The van der Waals surface area contributed by atoms with Crippen molar-refractivity contribution in [3.63, 3.8) is 0 Å². The third-order valence-electron chi connectivity index (χ3n) is 2.76. The molecule has 120 valence electrons. The first-order valence-electron chi connectivity index (χ1n) is 6.84. The number of carboxylic acid groups (broad SMARTS) is 1. The fourth-order valence-electron chi connectivity index (χ4n) is 1.74. The number of hydrogen-bond donors (Lipinski definition) is 3. The zero-order chi connectivity index (χ0) is 16.7. The van der Waals surface area contributed by atoms with Crippen LogP contribution in [0, 0.1) is 0 Å². The van der Waals surface area contributed by atoms with Gasteiger partial charge < -0.3 is 15.7 Å². The number of carboxylic acids is 1. The van der Waals surface area contributed by atoms with Gasteiger partial charge in [0.1, 0.15) is 0 Å². The molecule has 23 heavy (non-hydrogen) atoms. The molecule has 0 bridgehead atoms. The van der Waals surface area contributed by atoms with Crippen LogP contribution in [0.25, 0.3) is 0 Å². The monoisotopic (exact) mass is 333 g/mol. The van der Waals surface area contributed by atoms with Crippen LogP contribution < -0.4 is 10.6 Å². The molecule has 2 rings (SSSR count). The van der Waals surface area contributed by atoms with Crippen LogP contribution >= 0.6 is 11.3 Å². The summed E-state index contributed by atoms with van der Waals surface area (Å²) in [6.45, 7) is 0. The quantitative estimate of drug-likeness (QED) is 0.719. The lowest BCUT2D eigenvalue weighted by Gasteiger charge is -2.03. The van der Waals surface area contributed by atoms with Crippen LogP contribution in [0.15, 0.2) is 35.7 Å². The molecule has 0 aliphatic heterocycles. The van der Waals surface area contributed by atoms with Crippen molar-refractivity contribution in [1.29, 1.82) is 0 Å². The van der Waals surface area contributed by atoms with Crippen molar-refractivity contribution in [1.82, 2.24) is 4.98 Å². The Morgan fingerprint density at radius 1 is 1.04 bits per heavy atom. The Hall–Kier alpha value is -2.74. The van der Waals surface area contributed by atoms with Gasteiger partial charge in [-0.3, -0.25) is 14.4 Å². The standard InChI is InChI=1S/C15H15N3O4S/c19-12(6-7-14(21)22)18-15-17-11(9-23-15)8-13(20)16-10-4-2-1-3-5-10/h1-5,9H,6-8H2,(H,16,20)(H,21,22)(H,17,18,19). The lowest BCUT2D eigenvalue weighted by molar-refractivity contribution is -0.138. The Morgan fingerprint density at radius 3 is 2.48 bits per heavy atom. The summed E-state index contributed by atoms with van der Waals surface area (Å²) in [6, 6.07) is 9.07. The van der Waals surface area contributed by atoms with Gasteiger partial charge in [0.25, 0.3) is 0 Å². The second-order valence-corrected chi connectivity index (χ2v) is 5.53. The molecule has 2 amide bonds. The van der Waals surface area contributed by atoms with E-state index in [4.69, 9.17) is 5.11 Å². The summed E-state index contributed by atoms with van der Waals surface area (Å²) in [5.74, 6) is -1.65. The van der Waals surface area contributed by atoms with E-state index in [1.807, 2.05) is 18.2 Å². The summed E-state index contributed by atoms with van der Waals surface area (Å²) in [7, 11) is 0. The maximum Gasteiger partial charge on any atom is 0.303 e. The van der Waals surface area contributed by atoms with E-state index in [1.165, 1.54) is 11.3 Å². The van der Waals surface area contributed by atoms with Gasteiger partial charge in [0.05, 0.1) is 18.5 Å². The molecule has 0 fully saturated rings. The molecule has 0 atom stereocenters. The van der Waals surface area contributed by atoms with Crippen LogP contribution in [0.1, 0.15) is 18.5 Å². The van der Waals surface area contributed by atoms with Crippen LogP contribution in [-0.2, 0) is 20.8 Å². The normalized spacial score (nSPS) is 10.1. The molecule has 1 aromatic carbocycles. The number of aromatic nitrogens is 1. The Bertz CT molecular complexity index is 700. The maximum atomic E-state index is 11.9. The second-order valence-electron chi connectivity index (χ2n) is 4.68. The topological polar surface area (TPSA) is 108 Å². The lowest BCUT2D eigenvalue weighted by atomic mass is 10.3. The van der Waals surface area contributed by atoms with Crippen molar-refractivity contribution in [3.8, 4) is 0 Å². The number of benzene rings is 1. The van der Waals surface area contributed by atoms with Crippen molar-refractivity contribution >= 4 is 39.9 Å². The molecule has 0 saturated carbocycles. The first kappa shape index (κ1) is 16.6. The highest BCUT2D eigenvalue weighted by Gasteiger charge is 2.11. The molecule has 0 aliphatic rings. The van der Waals surface area contributed by atoms with Crippen LogP contribution in [0.2, 0.25) is 0 Å². The average molecular weight is 333 g/mol. The smallest absolute Gasteiger partial charge is 0.303 e. The second kappa shape index (κ2) is 8.04. The molecular weight excluding hydrogens is 318 g/mol. The first-order chi connectivity index (χ1) is 11.0. The molecule has 8 heteroatoms. The van der Waals surface area contributed by atoms with Crippen LogP contribution in [0.4, 0.5) is 10.8 Å². The highest BCUT2D eigenvalue weighted by Crippen LogP contribution is 2.17. The first-order valence-corrected chi connectivity index (χ1v) is 7.72. The molecule has 0 aliphatic carbocycles. The van der Waals surface area contributed by atoms with E-state index in [2.05, 4.69) is 15.6 Å². The Balaban J connectivity index is 1.83. The van der Waals surface area contributed by atoms with E-state index in [9.17, 15) is 14.4 Å². The zero-order valence-electron chi connectivity index (χ0n) is 12.1. The maximum absolute atomic E-state index is 11.9. The van der Waals surface area contributed by atoms with Gasteiger partial charge in [-0.25, -0.2) is 4.98 Å². The summed E-state index contributed by atoms with van der Waals surface area (Å²) in [4.78, 5) is 37.9. The van der Waals surface area contributed by atoms with Gasteiger partial charge in [-0.2, -0.15) is 0 Å². The number of carbonyl (C=O) groups excluding carboxylic acids is 2. The predicted octanol–water partition coefficient (Wildman–Crippen LogP) is 2.13. The van der Waals surface area contributed by atoms with Gasteiger partial charge in [-0.05, 0) is 12.1 Å². The zero-order valence-corrected chi connectivity index (χ0v) is 12.9. The minimum atomic E-state index is -1.03. The Kier molecular flexibility index (Phi) is 5.81. The van der Waals surface area contributed by atoms with Crippen molar-refractivity contribution in [2.24, 2.45) is 0 Å². The van der Waals surface area contributed by atoms with Gasteiger partial charge in [0.2, 0.25) is 11.8 Å². The van der Waals surface area contributed by atoms with Crippen molar-refractivity contribution in [2.45, 2.75) is 19.3 Å². The summed E-state index contributed by atoms with van der Waals surface area (Å²) in [5.41, 5.74) is 1.24. The van der Waals surface area contributed by atoms with Gasteiger partial charge in [-0.15, -0.1) is 11.3 Å². The molecule has 0 saturated heterocycles. The number of thiazole rings is 1. The number of hydrogen-bond acceptors (Lipinski definition) is 5. The number of nitrogens with zero attached hydrogens (tertiary/aromatic N) is 1. The fourth-order valence-corrected chi connectivity index (χ4v) is 2.47. The molecule has 1 heterocycles. The predicted molar refractivity (Wildman–Crippen MR) is 86.4 cm³/mol. The Morgan fingerprint density at radius 2 is 1.78 bits per heavy atom. The van der Waals surface area contributed by atoms with Gasteiger partial charge in [0, 0.05) is 17.5 Å². The van der Waals surface area contributed by atoms with Crippen molar-refractivity contribution < 1.29 is 19.5 Å². The average Bonchev–Trinajstić information content (AvgIpc) is 2.93. The number of para-hydroxylation sites is 1. The molecule has 1 aromatic heterocycles. The molecule has 7 nitrogen and oxygen atoms in total. The minimum absolute atomic E-state index is 0.0936. The minimum Gasteiger partial charge on any atom is -0.481 e. The number of anilines is 2. The van der Waals surface area contributed by atoms with E-state index in [0.29, 0.717) is 16.5 Å². The van der Waals surface area contributed by atoms with Gasteiger partial charge in [0.15, 0.2) is 5.13 Å². The summed E-state index contributed by atoms with van der Waals surface area (Å²) in [6.07, 6.45) is -0.251. The third-order valence-corrected chi connectivity index (χ3v) is 3.57.